The van der Waals surface area contributed by atoms with Gasteiger partial charge in [0.2, 0.25) is 0 Å². The summed E-state index contributed by atoms with van der Waals surface area (Å²) >= 11 is 0. The zero-order chi connectivity index (χ0) is 18.4. The predicted octanol–water partition coefficient (Wildman–Crippen LogP) is 5.09. The van der Waals surface area contributed by atoms with Gasteiger partial charge in [0.15, 0.2) is 0 Å². The van der Waals surface area contributed by atoms with E-state index in [-0.39, 0.29) is 5.75 Å². The van der Waals surface area contributed by atoms with Crippen LogP contribution in [0.5, 0.6) is 5.75 Å². The van der Waals surface area contributed by atoms with Crippen molar-refractivity contribution in [2.45, 2.75) is 64.2 Å². The van der Waals surface area contributed by atoms with Crippen molar-refractivity contribution in [3.05, 3.63) is 35.5 Å². The number of aromatic nitrogens is 2. The molecule has 1 N–H and O–H groups in total. The SMILES string of the molecule is COC(=O)n1nc2c(c1-c1ccc(O)cc1)CCCCCCCCCC2. The van der Waals surface area contributed by atoms with Gasteiger partial charge in [-0.1, -0.05) is 38.5 Å². The van der Waals surface area contributed by atoms with E-state index in [0.717, 1.165) is 48.2 Å². The number of fused-ring (bicyclic) bond motifs is 1. The first-order valence-electron chi connectivity index (χ1n) is 9.69. The van der Waals surface area contributed by atoms with Gasteiger partial charge in [0.25, 0.3) is 0 Å². The highest BCUT2D eigenvalue weighted by atomic mass is 16.5. The van der Waals surface area contributed by atoms with Crippen LogP contribution >= 0.6 is 0 Å². The first-order valence-corrected chi connectivity index (χ1v) is 9.69. The number of nitrogens with zero attached hydrogens (tertiary/aromatic N) is 2. The van der Waals surface area contributed by atoms with Crippen molar-refractivity contribution in [1.29, 1.82) is 0 Å². The topological polar surface area (TPSA) is 64.4 Å². The van der Waals surface area contributed by atoms with Crippen LogP contribution < -0.4 is 0 Å². The number of ether oxygens (including phenoxy) is 1. The van der Waals surface area contributed by atoms with Crippen molar-refractivity contribution >= 4 is 6.09 Å². The molecule has 1 aliphatic carbocycles. The molecule has 0 fully saturated rings. The molecule has 2 aromatic rings. The van der Waals surface area contributed by atoms with Gasteiger partial charge in [-0.05, 0) is 49.9 Å². The van der Waals surface area contributed by atoms with E-state index < -0.39 is 6.09 Å². The lowest BCUT2D eigenvalue weighted by molar-refractivity contribution is 0.169. The fourth-order valence-corrected chi connectivity index (χ4v) is 3.75. The Morgan fingerprint density at radius 2 is 1.54 bits per heavy atom. The van der Waals surface area contributed by atoms with Crippen molar-refractivity contribution < 1.29 is 14.6 Å². The molecule has 1 heterocycles. The van der Waals surface area contributed by atoms with Crippen LogP contribution in [0.2, 0.25) is 0 Å². The number of aryl methyl sites for hydroxylation is 1. The number of rotatable bonds is 1. The maximum absolute atomic E-state index is 12.3. The van der Waals surface area contributed by atoms with E-state index in [4.69, 9.17) is 4.74 Å². The Labute approximate surface area is 155 Å². The van der Waals surface area contributed by atoms with Crippen molar-refractivity contribution in [3.63, 3.8) is 0 Å². The van der Waals surface area contributed by atoms with Crippen LogP contribution in [-0.4, -0.2) is 28.1 Å². The average molecular weight is 356 g/mol. The maximum atomic E-state index is 12.3. The van der Waals surface area contributed by atoms with Crippen LogP contribution in [-0.2, 0) is 17.6 Å². The average Bonchev–Trinajstić information content (AvgIpc) is 3.00. The van der Waals surface area contributed by atoms with Gasteiger partial charge < -0.3 is 9.84 Å². The Bertz CT molecular complexity index is 734. The minimum atomic E-state index is -0.468. The maximum Gasteiger partial charge on any atom is 0.434 e. The third-order valence-corrected chi connectivity index (χ3v) is 5.15. The number of aromatic hydroxyl groups is 1. The molecule has 1 aromatic heterocycles. The molecule has 0 spiro atoms. The number of hydrogen-bond donors (Lipinski definition) is 1. The normalized spacial score (nSPS) is 16.2. The summed E-state index contributed by atoms with van der Waals surface area (Å²) in [6.45, 7) is 0. The van der Waals surface area contributed by atoms with Crippen molar-refractivity contribution in [2.75, 3.05) is 7.11 Å². The highest BCUT2D eigenvalue weighted by Gasteiger charge is 2.23. The third-order valence-electron chi connectivity index (χ3n) is 5.15. The highest BCUT2D eigenvalue weighted by molar-refractivity contribution is 5.79. The molecule has 5 heteroatoms. The quantitative estimate of drug-likeness (QED) is 0.773. The summed E-state index contributed by atoms with van der Waals surface area (Å²) in [4.78, 5) is 12.3. The first-order chi connectivity index (χ1) is 12.7. The van der Waals surface area contributed by atoms with Gasteiger partial charge >= 0.3 is 6.09 Å². The first kappa shape index (κ1) is 18.5. The summed E-state index contributed by atoms with van der Waals surface area (Å²) in [5.74, 6) is 0.210. The summed E-state index contributed by atoms with van der Waals surface area (Å²) in [6.07, 6.45) is 11.1. The molecule has 0 radical (unpaired) electrons. The van der Waals surface area contributed by atoms with Crippen molar-refractivity contribution in [2.24, 2.45) is 0 Å². The Morgan fingerprint density at radius 3 is 2.15 bits per heavy atom. The van der Waals surface area contributed by atoms with Gasteiger partial charge in [-0.2, -0.15) is 9.78 Å². The molecule has 0 bridgehead atoms. The molecule has 0 amide bonds. The largest absolute Gasteiger partial charge is 0.508 e. The van der Waals surface area contributed by atoms with Gasteiger partial charge in [0, 0.05) is 11.1 Å². The van der Waals surface area contributed by atoms with Gasteiger partial charge in [0.05, 0.1) is 18.5 Å². The van der Waals surface area contributed by atoms with E-state index in [1.807, 2.05) is 12.1 Å². The molecule has 0 atom stereocenters. The highest BCUT2D eigenvalue weighted by Crippen LogP contribution is 2.31. The summed E-state index contributed by atoms with van der Waals surface area (Å²) < 4.78 is 6.36. The summed E-state index contributed by atoms with van der Waals surface area (Å²) in [6, 6.07) is 6.96. The van der Waals surface area contributed by atoms with E-state index >= 15 is 0 Å². The van der Waals surface area contributed by atoms with E-state index in [2.05, 4.69) is 5.10 Å². The number of benzene rings is 1. The molecule has 26 heavy (non-hydrogen) atoms. The molecular formula is C21H28N2O3. The number of phenols is 1. The molecule has 1 aromatic carbocycles. The molecule has 0 saturated carbocycles. The van der Waals surface area contributed by atoms with Crippen molar-refractivity contribution in [3.8, 4) is 17.0 Å². The third kappa shape index (κ3) is 4.26. The van der Waals surface area contributed by atoms with E-state index in [1.54, 1.807) is 12.1 Å². The van der Waals surface area contributed by atoms with Crippen molar-refractivity contribution in [1.82, 2.24) is 9.78 Å². The molecule has 0 saturated heterocycles. The molecule has 3 rings (SSSR count). The Morgan fingerprint density at radius 1 is 0.962 bits per heavy atom. The van der Waals surface area contributed by atoms with Crippen LogP contribution in [0.15, 0.2) is 24.3 Å². The van der Waals surface area contributed by atoms with E-state index in [0.29, 0.717) is 0 Å². The standard InChI is InChI=1S/C21H28N2O3/c1-26-21(25)23-20(16-12-14-17(24)15-13-16)18-10-8-6-4-2-3-5-7-9-11-19(18)22-23/h12-15,24H,2-11H2,1H3. The van der Waals surface area contributed by atoms with Crippen LogP contribution in [0, 0.1) is 0 Å². The summed E-state index contributed by atoms with van der Waals surface area (Å²) in [7, 11) is 1.38. The molecule has 5 nitrogen and oxygen atoms in total. The number of hydrogen-bond acceptors (Lipinski definition) is 4. The monoisotopic (exact) mass is 356 g/mol. The van der Waals surface area contributed by atoms with Crippen LogP contribution in [0.3, 0.4) is 0 Å². The van der Waals surface area contributed by atoms with Crippen LogP contribution in [0.1, 0.15) is 62.6 Å². The van der Waals surface area contributed by atoms with Gasteiger partial charge in [0.1, 0.15) is 5.75 Å². The predicted molar refractivity (Wildman–Crippen MR) is 101 cm³/mol. The molecular weight excluding hydrogens is 328 g/mol. The van der Waals surface area contributed by atoms with Gasteiger partial charge in [-0.15, -0.1) is 0 Å². The zero-order valence-electron chi connectivity index (χ0n) is 15.5. The van der Waals surface area contributed by atoms with E-state index in [9.17, 15) is 9.90 Å². The lowest BCUT2D eigenvalue weighted by Gasteiger charge is -2.10. The summed E-state index contributed by atoms with van der Waals surface area (Å²) in [5.41, 5.74) is 3.86. The lowest BCUT2D eigenvalue weighted by atomic mass is 9.96. The molecule has 1 aliphatic rings. The second kappa shape index (κ2) is 8.88. The van der Waals surface area contributed by atoms with Gasteiger partial charge in [-0.25, -0.2) is 4.79 Å². The minimum Gasteiger partial charge on any atom is -0.508 e. The van der Waals surface area contributed by atoms with E-state index in [1.165, 1.54) is 50.3 Å². The van der Waals surface area contributed by atoms with Crippen LogP contribution in [0.25, 0.3) is 11.3 Å². The number of phenolic OH excluding ortho intramolecular Hbond substituents is 1. The Hall–Kier alpha value is -2.30. The van der Waals surface area contributed by atoms with Gasteiger partial charge in [-0.3, -0.25) is 0 Å². The number of carbonyl (C=O) groups is 1. The summed E-state index contributed by atoms with van der Waals surface area (Å²) in [5, 5.41) is 14.2. The number of methoxy groups -OCH3 is 1. The number of carbonyl (C=O) groups excluding carboxylic acids is 1. The Kier molecular flexibility index (Phi) is 6.31. The second-order valence-corrected chi connectivity index (χ2v) is 7.03. The smallest absolute Gasteiger partial charge is 0.434 e. The molecule has 0 unspecified atom stereocenters. The molecule has 140 valence electrons. The second-order valence-electron chi connectivity index (χ2n) is 7.03. The fraction of sp³-hybridized carbons (Fsp3) is 0.524. The zero-order valence-corrected chi connectivity index (χ0v) is 15.5. The van der Waals surface area contributed by atoms with Crippen LogP contribution in [0.4, 0.5) is 4.79 Å². The minimum absolute atomic E-state index is 0.210. The lowest BCUT2D eigenvalue weighted by Crippen LogP contribution is -2.14. The molecule has 0 aliphatic heterocycles. The Balaban J connectivity index is 2.03. The fourth-order valence-electron chi connectivity index (χ4n) is 3.75.